The maximum absolute atomic E-state index is 12.8. The second-order valence-electron chi connectivity index (χ2n) is 5.05. The van der Waals surface area contributed by atoms with Crippen molar-refractivity contribution < 1.29 is 21.6 Å². The number of aromatic nitrogens is 2. The van der Waals surface area contributed by atoms with Crippen molar-refractivity contribution in [1.29, 1.82) is 0 Å². The van der Waals surface area contributed by atoms with E-state index >= 15 is 0 Å². The van der Waals surface area contributed by atoms with Gasteiger partial charge in [-0.25, -0.2) is 0 Å². The zero-order chi connectivity index (χ0) is 17.0. The number of benzene rings is 1. The van der Waals surface area contributed by atoms with Crippen LogP contribution in [0.15, 0.2) is 33.7 Å². The summed E-state index contributed by atoms with van der Waals surface area (Å²) in [5, 5.41) is 6.37. The predicted octanol–water partition coefficient (Wildman–Crippen LogP) is 1.85. The van der Waals surface area contributed by atoms with E-state index in [1.165, 1.54) is 24.3 Å². The van der Waals surface area contributed by atoms with Gasteiger partial charge in [0.15, 0.2) is 5.82 Å². The van der Waals surface area contributed by atoms with Crippen LogP contribution in [0, 0.1) is 6.92 Å². The summed E-state index contributed by atoms with van der Waals surface area (Å²) in [6.07, 6.45) is 0.590. The SMILES string of the molecule is Cc1noc(C(C)NC(=O)CCc2ccc(S(=O)(=O)F)cc2)n1. The first-order chi connectivity index (χ1) is 10.8. The van der Waals surface area contributed by atoms with Crippen molar-refractivity contribution in [3.8, 4) is 0 Å². The van der Waals surface area contributed by atoms with Crippen LogP contribution in [0.25, 0.3) is 0 Å². The first-order valence-corrected chi connectivity index (χ1v) is 8.27. The average molecular weight is 341 g/mol. The van der Waals surface area contributed by atoms with Crippen LogP contribution in [0.5, 0.6) is 0 Å². The highest BCUT2D eigenvalue weighted by atomic mass is 32.3. The van der Waals surface area contributed by atoms with Gasteiger partial charge in [-0.3, -0.25) is 4.79 Å². The molecule has 0 aliphatic heterocycles. The normalized spacial score (nSPS) is 12.8. The zero-order valence-electron chi connectivity index (χ0n) is 12.6. The van der Waals surface area contributed by atoms with E-state index in [2.05, 4.69) is 15.5 Å². The number of nitrogens with zero attached hydrogens (tertiary/aromatic N) is 2. The molecule has 0 fully saturated rings. The molecule has 0 spiro atoms. The van der Waals surface area contributed by atoms with Crippen LogP contribution in [-0.2, 0) is 21.4 Å². The van der Waals surface area contributed by atoms with Crippen molar-refractivity contribution in [2.75, 3.05) is 0 Å². The molecule has 0 radical (unpaired) electrons. The number of halogens is 1. The number of rotatable bonds is 6. The lowest BCUT2D eigenvalue weighted by Gasteiger charge is -2.09. The molecule has 1 amide bonds. The molecule has 1 N–H and O–H groups in total. The summed E-state index contributed by atoms with van der Waals surface area (Å²) in [5.74, 6) is 0.605. The highest BCUT2D eigenvalue weighted by molar-refractivity contribution is 7.86. The smallest absolute Gasteiger partial charge is 0.332 e. The fourth-order valence-electron chi connectivity index (χ4n) is 1.94. The summed E-state index contributed by atoms with van der Waals surface area (Å²) in [5.41, 5.74) is 0.730. The molecule has 1 heterocycles. The van der Waals surface area contributed by atoms with E-state index in [-0.39, 0.29) is 12.3 Å². The highest BCUT2D eigenvalue weighted by Gasteiger charge is 2.15. The van der Waals surface area contributed by atoms with Gasteiger partial charge in [-0.15, -0.1) is 3.89 Å². The lowest BCUT2D eigenvalue weighted by molar-refractivity contribution is -0.121. The van der Waals surface area contributed by atoms with Gasteiger partial charge in [0.05, 0.1) is 4.90 Å². The van der Waals surface area contributed by atoms with Crippen LogP contribution in [-0.4, -0.2) is 24.5 Å². The van der Waals surface area contributed by atoms with Crippen LogP contribution in [0.1, 0.15) is 36.7 Å². The summed E-state index contributed by atoms with van der Waals surface area (Å²) >= 11 is 0. The number of hydrogen-bond acceptors (Lipinski definition) is 6. The van der Waals surface area contributed by atoms with Gasteiger partial charge in [-0.2, -0.15) is 13.4 Å². The van der Waals surface area contributed by atoms with Gasteiger partial charge in [0.2, 0.25) is 11.8 Å². The standard InChI is InChI=1S/C14H16FN3O4S/c1-9(14-17-10(2)18-22-14)16-13(19)8-5-11-3-6-12(7-4-11)23(15,20)21/h3-4,6-7,9H,5,8H2,1-2H3,(H,16,19). The number of aryl methyl sites for hydroxylation is 2. The van der Waals surface area contributed by atoms with Crippen LogP contribution in [0.4, 0.5) is 3.89 Å². The molecule has 0 saturated carbocycles. The molecule has 124 valence electrons. The van der Waals surface area contributed by atoms with Gasteiger partial charge in [-0.05, 0) is 38.0 Å². The van der Waals surface area contributed by atoms with Crippen molar-refractivity contribution >= 4 is 16.1 Å². The summed E-state index contributed by atoms with van der Waals surface area (Å²) in [6, 6.07) is 4.90. The Morgan fingerprint density at radius 2 is 2.00 bits per heavy atom. The Morgan fingerprint density at radius 1 is 1.35 bits per heavy atom. The van der Waals surface area contributed by atoms with Crippen LogP contribution in [0.2, 0.25) is 0 Å². The molecule has 1 aromatic heterocycles. The van der Waals surface area contributed by atoms with E-state index in [0.29, 0.717) is 18.1 Å². The number of carbonyl (C=O) groups is 1. The Morgan fingerprint density at radius 3 is 2.52 bits per heavy atom. The van der Waals surface area contributed by atoms with Crippen molar-refractivity contribution in [3.63, 3.8) is 0 Å². The van der Waals surface area contributed by atoms with E-state index in [0.717, 1.165) is 5.56 Å². The lowest BCUT2D eigenvalue weighted by atomic mass is 10.1. The zero-order valence-corrected chi connectivity index (χ0v) is 13.4. The Hall–Kier alpha value is -2.29. The first-order valence-electron chi connectivity index (χ1n) is 6.89. The van der Waals surface area contributed by atoms with E-state index in [4.69, 9.17) is 4.52 Å². The Bertz CT molecular complexity index is 787. The first kappa shape index (κ1) is 17.1. The predicted molar refractivity (Wildman–Crippen MR) is 78.6 cm³/mol. The maximum Gasteiger partial charge on any atom is 0.332 e. The van der Waals surface area contributed by atoms with E-state index in [1.807, 2.05) is 0 Å². The molecule has 1 aromatic carbocycles. The number of hydrogen-bond donors (Lipinski definition) is 1. The number of carbonyl (C=O) groups excluding carboxylic acids is 1. The molecule has 2 rings (SSSR count). The maximum atomic E-state index is 12.8. The lowest BCUT2D eigenvalue weighted by Crippen LogP contribution is -2.27. The van der Waals surface area contributed by atoms with E-state index < -0.39 is 21.2 Å². The Balaban J connectivity index is 1.87. The summed E-state index contributed by atoms with van der Waals surface area (Å²) in [6.45, 7) is 3.41. The topological polar surface area (TPSA) is 102 Å². The van der Waals surface area contributed by atoms with E-state index in [9.17, 15) is 17.1 Å². The minimum absolute atomic E-state index is 0.194. The third-order valence-corrected chi connectivity index (χ3v) is 3.97. The minimum Gasteiger partial charge on any atom is -0.345 e. The van der Waals surface area contributed by atoms with Crippen molar-refractivity contribution in [1.82, 2.24) is 15.5 Å². The molecule has 23 heavy (non-hydrogen) atoms. The Kier molecular flexibility index (Phi) is 5.09. The van der Waals surface area contributed by atoms with Crippen molar-refractivity contribution in [3.05, 3.63) is 41.5 Å². The van der Waals surface area contributed by atoms with Gasteiger partial charge < -0.3 is 9.84 Å². The quantitative estimate of drug-likeness (QED) is 0.805. The molecular formula is C14H16FN3O4S. The largest absolute Gasteiger partial charge is 0.345 e. The fourth-order valence-corrected chi connectivity index (χ4v) is 2.40. The van der Waals surface area contributed by atoms with Crippen LogP contribution < -0.4 is 5.32 Å². The minimum atomic E-state index is -4.70. The highest BCUT2D eigenvalue weighted by Crippen LogP contribution is 2.14. The molecule has 7 nitrogen and oxygen atoms in total. The molecule has 0 aliphatic carbocycles. The monoisotopic (exact) mass is 341 g/mol. The average Bonchev–Trinajstić information content (AvgIpc) is 2.91. The third-order valence-electron chi connectivity index (χ3n) is 3.14. The van der Waals surface area contributed by atoms with Gasteiger partial charge in [0.1, 0.15) is 6.04 Å². The summed E-state index contributed by atoms with van der Waals surface area (Å²) in [4.78, 5) is 15.5. The summed E-state index contributed by atoms with van der Waals surface area (Å²) < 4.78 is 39.2. The molecule has 0 saturated heterocycles. The van der Waals surface area contributed by atoms with E-state index in [1.54, 1.807) is 13.8 Å². The molecule has 0 aliphatic rings. The van der Waals surface area contributed by atoms with Gasteiger partial charge in [0, 0.05) is 6.42 Å². The molecule has 9 heteroatoms. The molecular weight excluding hydrogens is 325 g/mol. The second-order valence-corrected chi connectivity index (χ2v) is 6.40. The summed E-state index contributed by atoms with van der Waals surface area (Å²) in [7, 11) is -4.70. The molecule has 1 unspecified atom stereocenters. The number of nitrogens with one attached hydrogen (secondary N) is 1. The van der Waals surface area contributed by atoms with Crippen molar-refractivity contribution in [2.24, 2.45) is 0 Å². The Labute approximate surface area is 133 Å². The molecule has 2 aromatic rings. The van der Waals surface area contributed by atoms with Gasteiger partial charge in [-0.1, -0.05) is 17.3 Å². The van der Waals surface area contributed by atoms with Gasteiger partial charge in [0.25, 0.3) is 0 Å². The third kappa shape index (κ3) is 4.85. The molecule has 0 bridgehead atoms. The van der Waals surface area contributed by atoms with Gasteiger partial charge >= 0.3 is 10.2 Å². The van der Waals surface area contributed by atoms with Crippen LogP contribution in [0.3, 0.4) is 0 Å². The number of amides is 1. The second kappa shape index (κ2) is 6.86. The van der Waals surface area contributed by atoms with Crippen LogP contribution >= 0.6 is 0 Å². The fraction of sp³-hybridized carbons (Fsp3) is 0.357. The molecule has 1 atom stereocenters. The van der Waals surface area contributed by atoms with Crippen molar-refractivity contribution in [2.45, 2.75) is 37.6 Å².